The number of nitrogens with zero attached hydrogens (tertiary/aromatic N) is 6. The average Bonchev–Trinajstić information content (AvgIpc) is 3.01. The summed E-state index contributed by atoms with van der Waals surface area (Å²) in [5, 5.41) is -0.222. The van der Waals surface area contributed by atoms with E-state index in [9.17, 15) is 18.0 Å². The van der Waals surface area contributed by atoms with Crippen molar-refractivity contribution in [3.63, 3.8) is 0 Å². The Morgan fingerprint density at radius 2 is 1.97 bits per heavy atom. The highest BCUT2D eigenvalue weighted by Gasteiger charge is 2.28. The van der Waals surface area contributed by atoms with E-state index in [1.165, 1.54) is 15.6 Å². The Morgan fingerprint density at radius 3 is 2.77 bits per heavy atom. The predicted octanol–water partition coefficient (Wildman–Crippen LogP) is 0.456. The molecule has 2 aliphatic heterocycles. The number of aromatic nitrogens is 5. The molecule has 0 aliphatic carbocycles. The smallest absolute Gasteiger partial charge is 0.278 e. The molecule has 0 radical (unpaired) electrons. The molecule has 2 aliphatic rings. The summed E-state index contributed by atoms with van der Waals surface area (Å²) in [5.41, 5.74) is -0.256. The molecule has 3 aromatic rings. The third-order valence-corrected chi connectivity index (χ3v) is 5.99. The average molecular weight is 442 g/mol. The summed E-state index contributed by atoms with van der Waals surface area (Å²) in [4.78, 5) is 39.7. The third-order valence-electron chi connectivity index (χ3n) is 5.13. The molecule has 12 heteroatoms. The SMILES string of the molecule is CS(=O)(=O)c1ncc2c(=O)n3n(c2n1)-c1ccc2c(n1)N(CCC/C=C\C3)C(=O)CO2. The van der Waals surface area contributed by atoms with Gasteiger partial charge in [0.2, 0.25) is 15.0 Å². The molecular formula is C19H18N6O5S. The van der Waals surface area contributed by atoms with Gasteiger partial charge in [-0.1, -0.05) is 12.2 Å². The van der Waals surface area contributed by atoms with E-state index in [2.05, 4.69) is 15.0 Å². The van der Waals surface area contributed by atoms with E-state index in [-0.39, 0.29) is 40.8 Å². The second-order valence-corrected chi connectivity index (χ2v) is 9.21. The minimum atomic E-state index is -3.69. The Kier molecular flexibility index (Phi) is 4.39. The monoisotopic (exact) mass is 442 g/mol. The Hall–Kier alpha value is -3.54. The van der Waals surface area contributed by atoms with Gasteiger partial charge in [-0.15, -0.1) is 0 Å². The zero-order chi connectivity index (χ0) is 21.8. The van der Waals surface area contributed by atoms with Crippen molar-refractivity contribution in [2.45, 2.75) is 24.5 Å². The molecule has 0 fully saturated rings. The summed E-state index contributed by atoms with van der Waals surface area (Å²) in [6, 6.07) is 3.32. The number of ether oxygens (including phenoxy) is 1. The zero-order valence-corrected chi connectivity index (χ0v) is 17.4. The van der Waals surface area contributed by atoms with Gasteiger partial charge in [-0.3, -0.25) is 14.5 Å². The Bertz CT molecular complexity index is 1420. The molecule has 0 aromatic carbocycles. The lowest BCUT2D eigenvalue weighted by atomic mass is 10.2. The number of fused-ring (bicyclic) bond motifs is 5. The Balaban J connectivity index is 1.83. The lowest BCUT2D eigenvalue weighted by Gasteiger charge is -2.28. The maximum Gasteiger partial charge on any atom is 0.278 e. The van der Waals surface area contributed by atoms with Gasteiger partial charge in [0.15, 0.2) is 29.6 Å². The van der Waals surface area contributed by atoms with E-state index in [1.54, 1.807) is 17.0 Å². The van der Waals surface area contributed by atoms with Crippen molar-refractivity contribution in [3.05, 3.63) is 40.8 Å². The van der Waals surface area contributed by atoms with Crippen LogP contribution in [-0.4, -0.2) is 58.0 Å². The lowest BCUT2D eigenvalue weighted by molar-refractivity contribution is -0.121. The normalized spacial score (nSPS) is 17.5. The highest BCUT2D eigenvalue weighted by atomic mass is 32.2. The maximum absolute atomic E-state index is 13.1. The fraction of sp³-hybridized carbons (Fsp3) is 0.316. The first-order valence-electron chi connectivity index (χ1n) is 9.63. The van der Waals surface area contributed by atoms with Gasteiger partial charge in [0.05, 0.1) is 6.54 Å². The number of carbonyl (C=O) groups is 1. The largest absolute Gasteiger partial charge is 0.480 e. The molecule has 0 saturated carbocycles. The summed E-state index contributed by atoms with van der Waals surface area (Å²) in [7, 11) is -3.69. The van der Waals surface area contributed by atoms with Crippen LogP contribution >= 0.6 is 0 Å². The molecule has 0 unspecified atom stereocenters. The third kappa shape index (κ3) is 3.19. The van der Waals surface area contributed by atoms with Crippen molar-refractivity contribution in [2.75, 3.05) is 24.3 Å². The number of sulfone groups is 1. The van der Waals surface area contributed by atoms with Crippen LogP contribution in [0.4, 0.5) is 5.82 Å². The van der Waals surface area contributed by atoms with Gasteiger partial charge in [0, 0.05) is 19.0 Å². The molecule has 3 aromatic heterocycles. The first-order chi connectivity index (χ1) is 14.8. The van der Waals surface area contributed by atoms with Crippen molar-refractivity contribution in [1.29, 1.82) is 0 Å². The van der Waals surface area contributed by atoms with Crippen molar-refractivity contribution in [1.82, 2.24) is 24.3 Å². The summed E-state index contributed by atoms with van der Waals surface area (Å²) in [6.07, 6.45) is 7.45. The summed E-state index contributed by atoms with van der Waals surface area (Å²) in [6.45, 7) is 0.656. The minimum Gasteiger partial charge on any atom is -0.480 e. The first-order valence-corrected chi connectivity index (χ1v) is 11.5. The number of pyridine rings is 1. The lowest BCUT2D eigenvalue weighted by Crippen LogP contribution is -2.40. The van der Waals surface area contributed by atoms with E-state index in [0.717, 1.165) is 12.7 Å². The number of hydrogen-bond donors (Lipinski definition) is 0. The fourth-order valence-electron chi connectivity index (χ4n) is 3.66. The van der Waals surface area contributed by atoms with Crippen LogP contribution in [0, 0.1) is 0 Å². The molecule has 160 valence electrons. The van der Waals surface area contributed by atoms with Gasteiger partial charge in [-0.25, -0.2) is 27.7 Å². The van der Waals surface area contributed by atoms with E-state index in [1.807, 2.05) is 12.2 Å². The molecule has 0 saturated heterocycles. The summed E-state index contributed by atoms with van der Waals surface area (Å²) < 4.78 is 32.4. The summed E-state index contributed by atoms with van der Waals surface area (Å²) in [5.74, 6) is 0.931. The molecule has 31 heavy (non-hydrogen) atoms. The fourth-order valence-corrected chi connectivity index (χ4v) is 4.16. The van der Waals surface area contributed by atoms with Gasteiger partial charge in [-0.05, 0) is 25.0 Å². The van der Waals surface area contributed by atoms with Crippen LogP contribution in [0.25, 0.3) is 16.9 Å². The molecule has 0 N–H and O–H groups in total. The topological polar surface area (TPSA) is 129 Å². The Labute approximate surface area is 176 Å². The quantitative estimate of drug-likeness (QED) is 0.392. The molecule has 2 bridgehead atoms. The second kappa shape index (κ2) is 7.01. The van der Waals surface area contributed by atoms with E-state index < -0.39 is 9.84 Å². The first kappa shape index (κ1) is 19.4. The van der Waals surface area contributed by atoms with Crippen LogP contribution in [-0.2, 0) is 21.2 Å². The van der Waals surface area contributed by atoms with Crippen molar-refractivity contribution in [2.24, 2.45) is 0 Å². The van der Waals surface area contributed by atoms with Crippen LogP contribution in [0.5, 0.6) is 5.75 Å². The molecule has 5 rings (SSSR count). The zero-order valence-electron chi connectivity index (χ0n) is 16.6. The van der Waals surface area contributed by atoms with Crippen molar-refractivity contribution >= 4 is 32.6 Å². The number of rotatable bonds is 1. The number of anilines is 1. The maximum atomic E-state index is 13.1. The van der Waals surface area contributed by atoms with Gasteiger partial charge >= 0.3 is 0 Å². The number of carbonyl (C=O) groups excluding carboxylic acids is 1. The predicted molar refractivity (Wildman–Crippen MR) is 110 cm³/mol. The highest BCUT2D eigenvalue weighted by Crippen LogP contribution is 2.32. The van der Waals surface area contributed by atoms with Crippen LogP contribution < -0.4 is 15.2 Å². The summed E-state index contributed by atoms with van der Waals surface area (Å²) >= 11 is 0. The molecule has 0 spiro atoms. The molecule has 0 atom stereocenters. The van der Waals surface area contributed by atoms with Crippen LogP contribution in [0.3, 0.4) is 0 Å². The van der Waals surface area contributed by atoms with Crippen molar-refractivity contribution < 1.29 is 17.9 Å². The molecular weight excluding hydrogens is 424 g/mol. The standard InChI is InChI=1S/C19H18N6O5S/c1-31(28,29)19-20-10-12-16(22-19)25-14-7-6-13-17(21-14)23(15(26)11-30-13)8-4-2-3-5-9-24(25)18(12)27/h3,5-7,10H,2,4,8-9,11H2,1H3/b5-3-. The van der Waals surface area contributed by atoms with E-state index in [0.29, 0.717) is 30.4 Å². The van der Waals surface area contributed by atoms with Crippen LogP contribution in [0.2, 0.25) is 0 Å². The second-order valence-electron chi connectivity index (χ2n) is 7.30. The number of allylic oxidation sites excluding steroid dienone is 2. The number of hydrogen-bond acceptors (Lipinski definition) is 8. The molecule has 11 nitrogen and oxygen atoms in total. The minimum absolute atomic E-state index is 0.0635. The van der Waals surface area contributed by atoms with Crippen LogP contribution in [0.15, 0.2) is 40.4 Å². The number of amides is 1. The van der Waals surface area contributed by atoms with Gasteiger partial charge in [0.1, 0.15) is 5.39 Å². The van der Waals surface area contributed by atoms with Gasteiger partial charge < -0.3 is 4.74 Å². The van der Waals surface area contributed by atoms with Gasteiger partial charge in [-0.2, -0.15) is 4.98 Å². The highest BCUT2D eigenvalue weighted by molar-refractivity contribution is 7.90. The Morgan fingerprint density at radius 1 is 1.13 bits per heavy atom. The van der Waals surface area contributed by atoms with Gasteiger partial charge in [0.25, 0.3) is 11.5 Å². The molecule has 5 heterocycles. The van der Waals surface area contributed by atoms with E-state index in [4.69, 9.17) is 4.74 Å². The van der Waals surface area contributed by atoms with Crippen molar-refractivity contribution in [3.8, 4) is 11.6 Å². The molecule has 1 amide bonds. The van der Waals surface area contributed by atoms with Crippen LogP contribution in [0.1, 0.15) is 12.8 Å². The van der Waals surface area contributed by atoms with E-state index >= 15 is 0 Å².